The molecule has 4 N–H and O–H groups in total. The van der Waals surface area contributed by atoms with Crippen LogP contribution < -0.4 is 5.73 Å². The third-order valence-electron chi connectivity index (χ3n) is 1.87. The number of aliphatic hydroxyl groups is 1. The molecule has 0 saturated heterocycles. The summed E-state index contributed by atoms with van der Waals surface area (Å²) in [6, 6.07) is 2.70. The van der Waals surface area contributed by atoms with Crippen LogP contribution in [0.1, 0.15) is 18.5 Å². The van der Waals surface area contributed by atoms with E-state index in [9.17, 15) is 9.50 Å². The Hall–Kier alpha value is -1.13. The maximum Gasteiger partial charge on any atom is 0.123 e. The second kappa shape index (κ2) is 3.72. The van der Waals surface area contributed by atoms with Gasteiger partial charge in [-0.1, -0.05) is 0 Å². The number of nitrogens with two attached hydrogens (primary N) is 1. The van der Waals surface area contributed by atoms with Crippen LogP contribution >= 0.6 is 0 Å². The van der Waals surface area contributed by atoms with E-state index in [1.54, 1.807) is 0 Å². The van der Waals surface area contributed by atoms with Crippen LogP contribution in [0, 0.1) is 5.82 Å². The van der Waals surface area contributed by atoms with Crippen molar-refractivity contribution >= 4 is 0 Å². The topological polar surface area (TPSA) is 66.5 Å². The zero-order chi connectivity index (χ0) is 10.0. The van der Waals surface area contributed by atoms with E-state index >= 15 is 0 Å². The molecular weight excluding hydrogens is 173 g/mol. The molecule has 0 aliphatic rings. The van der Waals surface area contributed by atoms with E-state index in [1.165, 1.54) is 13.0 Å². The number of phenolic OH excluding ortho intramolecular Hbond substituents is 1. The van der Waals surface area contributed by atoms with Gasteiger partial charge in [-0.3, -0.25) is 0 Å². The highest BCUT2D eigenvalue weighted by atomic mass is 19.1. The first-order valence-electron chi connectivity index (χ1n) is 3.94. The molecule has 2 atom stereocenters. The van der Waals surface area contributed by atoms with Crippen molar-refractivity contribution in [1.29, 1.82) is 0 Å². The molecule has 13 heavy (non-hydrogen) atoms. The summed E-state index contributed by atoms with van der Waals surface area (Å²) in [4.78, 5) is 0. The van der Waals surface area contributed by atoms with Crippen molar-refractivity contribution in [3.63, 3.8) is 0 Å². The van der Waals surface area contributed by atoms with Gasteiger partial charge in [-0.25, -0.2) is 4.39 Å². The summed E-state index contributed by atoms with van der Waals surface area (Å²) >= 11 is 0. The summed E-state index contributed by atoms with van der Waals surface area (Å²) in [5.74, 6) is -0.585. The standard InChI is InChI=1S/C9H12FNO2/c1-5(12)9(11)7-4-6(10)2-3-8(7)13/h2-5,9,12-13H,11H2,1H3/t5-,9-/m0/s1. The normalized spacial score (nSPS) is 15.4. The summed E-state index contributed by atoms with van der Waals surface area (Å²) in [5.41, 5.74) is 5.75. The van der Waals surface area contributed by atoms with Gasteiger partial charge in [0.05, 0.1) is 12.1 Å². The summed E-state index contributed by atoms with van der Waals surface area (Å²) in [6.07, 6.45) is -0.826. The van der Waals surface area contributed by atoms with Gasteiger partial charge in [-0.05, 0) is 25.1 Å². The Balaban J connectivity index is 3.05. The molecular formula is C9H12FNO2. The van der Waals surface area contributed by atoms with Crippen LogP contribution in [0.2, 0.25) is 0 Å². The maximum atomic E-state index is 12.7. The average Bonchev–Trinajstić information content (AvgIpc) is 2.08. The lowest BCUT2D eigenvalue weighted by Gasteiger charge is -2.16. The van der Waals surface area contributed by atoms with Gasteiger partial charge in [-0.2, -0.15) is 0 Å². The molecule has 0 fully saturated rings. The number of hydrogen-bond donors (Lipinski definition) is 3. The molecule has 1 rings (SSSR count). The zero-order valence-corrected chi connectivity index (χ0v) is 7.24. The minimum absolute atomic E-state index is 0.102. The van der Waals surface area contributed by atoms with Crippen LogP contribution in [-0.2, 0) is 0 Å². The van der Waals surface area contributed by atoms with Crippen molar-refractivity contribution in [1.82, 2.24) is 0 Å². The van der Waals surface area contributed by atoms with Crippen molar-refractivity contribution < 1.29 is 14.6 Å². The van der Waals surface area contributed by atoms with Gasteiger partial charge in [0.25, 0.3) is 0 Å². The van der Waals surface area contributed by atoms with Crippen LogP contribution in [0.15, 0.2) is 18.2 Å². The van der Waals surface area contributed by atoms with E-state index in [2.05, 4.69) is 0 Å². The minimum Gasteiger partial charge on any atom is -0.508 e. The van der Waals surface area contributed by atoms with E-state index in [0.29, 0.717) is 0 Å². The van der Waals surface area contributed by atoms with Crippen LogP contribution in [0.25, 0.3) is 0 Å². The molecule has 0 bridgehead atoms. The lowest BCUT2D eigenvalue weighted by molar-refractivity contribution is 0.162. The molecule has 0 spiro atoms. The van der Waals surface area contributed by atoms with Gasteiger partial charge in [0.15, 0.2) is 0 Å². The summed E-state index contributed by atoms with van der Waals surface area (Å²) in [7, 11) is 0. The molecule has 0 radical (unpaired) electrons. The summed E-state index contributed by atoms with van der Waals surface area (Å²) in [5, 5.41) is 18.4. The fourth-order valence-corrected chi connectivity index (χ4v) is 1.05. The number of rotatable bonds is 2. The summed E-state index contributed by atoms with van der Waals surface area (Å²) in [6.45, 7) is 1.48. The Morgan fingerprint density at radius 3 is 2.62 bits per heavy atom. The van der Waals surface area contributed by atoms with Crippen LogP contribution in [0.4, 0.5) is 4.39 Å². The van der Waals surface area contributed by atoms with Crippen molar-refractivity contribution in [2.24, 2.45) is 5.73 Å². The summed E-state index contributed by atoms with van der Waals surface area (Å²) < 4.78 is 12.7. The molecule has 0 aromatic heterocycles. The van der Waals surface area contributed by atoms with Gasteiger partial charge in [0.1, 0.15) is 11.6 Å². The van der Waals surface area contributed by atoms with Crippen LogP contribution in [-0.4, -0.2) is 16.3 Å². The molecule has 0 heterocycles. The molecule has 1 aromatic carbocycles. The van der Waals surface area contributed by atoms with Crippen LogP contribution in [0.3, 0.4) is 0 Å². The quantitative estimate of drug-likeness (QED) is 0.641. The highest BCUT2D eigenvalue weighted by Crippen LogP contribution is 2.25. The molecule has 0 aliphatic heterocycles. The third-order valence-corrected chi connectivity index (χ3v) is 1.87. The highest BCUT2D eigenvalue weighted by Gasteiger charge is 2.16. The third kappa shape index (κ3) is 2.17. The number of benzene rings is 1. The van der Waals surface area contributed by atoms with Gasteiger partial charge >= 0.3 is 0 Å². The molecule has 1 aromatic rings. The van der Waals surface area contributed by atoms with Crippen molar-refractivity contribution in [3.05, 3.63) is 29.6 Å². The molecule has 0 unspecified atom stereocenters. The van der Waals surface area contributed by atoms with E-state index in [0.717, 1.165) is 12.1 Å². The Kier molecular flexibility index (Phi) is 2.85. The maximum absolute atomic E-state index is 12.7. The van der Waals surface area contributed by atoms with E-state index < -0.39 is 18.0 Å². The molecule has 4 heteroatoms. The number of phenols is 1. The smallest absolute Gasteiger partial charge is 0.123 e. The molecule has 0 saturated carbocycles. The Morgan fingerprint density at radius 1 is 1.46 bits per heavy atom. The first-order chi connectivity index (χ1) is 6.02. The van der Waals surface area contributed by atoms with Crippen molar-refractivity contribution in [2.45, 2.75) is 19.1 Å². The van der Waals surface area contributed by atoms with Crippen molar-refractivity contribution in [2.75, 3.05) is 0 Å². The minimum atomic E-state index is -0.826. The second-order valence-electron chi connectivity index (χ2n) is 2.97. The predicted octanol–water partition coefficient (Wildman–Crippen LogP) is 0.912. The number of aromatic hydroxyl groups is 1. The predicted molar refractivity (Wildman–Crippen MR) is 46.7 cm³/mol. The van der Waals surface area contributed by atoms with Gasteiger partial charge in [0, 0.05) is 5.56 Å². The van der Waals surface area contributed by atoms with Gasteiger partial charge < -0.3 is 15.9 Å². The molecule has 0 amide bonds. The van der Waals surface area contributed by atoms with E-state index in [4.69, 9.17) is 10.8 Å². The van der Waals surface area contributed by atoms with Crippen molar-refractivity contribution in [3.8, 4) is 5.75 Å². The molecule has 72 valence electrons. The van der Waals surface area contributed by atoms with E-state index in [1.807, 2.05) is 0 Å². The Morgan fingerprint density at radius 2 is 2.08 bits per heavy atom. The Bertz CT molecular complexity index is 302. The first-order valence-corrected chi connectivity index (χ1v) is 3.94. The SMILES string of the molecule is C[C@H](O)[C@H](N)c1cc(F)ccc1O. The second-order valence-corrected chi connectivity index (χ2v) is 2.97. The van der Waals surface area contributed by atoms with Gasteiger partial charge in [-0.15, -0.1) is 0 Å². The zero-order valence-electron chi connectivity index (χ0n) is 7.24. The molecule has 0 aliphatic carbocycles. The van der Waals surface area contributed by atoms with E-state index in [-0.39, 0.29) is 11.3 Å². The van der Waals surface area contributed by atoms with Crippen LogP contribution in [0.5, 0.6) is 5.75 Å². The monoisotopic (exact) mass is 185 g/mol. The molecule has 3 nitrogen and oxygen atoms in total. The fraction of sp³-hybridized carbons (Fsp3) is 0.333. The largest absolute Gasteiger partial charge is 0.508 e. The lowest BCUT2D eigenvalue weighted by Crippen LogP contribution is -2.23. The van der Waals surface area contributed by atoms with Gasteiger partial charge in [0.2, 0.25) is 0 Å². The first kappa shape index (κ1) is 9.95. The fourth-order valence-electron chi connectivity index (χ4n) is 1.05. The lowest BCUT2D eigenvalue weighted by atomic mass is 10.0. The number of halogens is 1. The average molecular weight is 185 g/mol. The Labute approximate surface area is 75.6 Å². The number of aliphatic hydroxyl groups excluding tert-OH is 1. The number of hydrogen-bond acceptors (Lipinski definition) is 3. The highest BCUT2D eigenvalue weighted by molar-refractivity contribution is 5.35.